The first kappa shape index (κ1) is 20.1. The summed E-state index contributed by atoms with van der Waals surface area (Å²) in [7, 11) is 0. The number of carbonyl (C=O) groups excluding carboxylic acids is 1. The predicted octanol–water partition coefficient (Wildman–Crippen LogP) is 3.55. The van der Waals surface area contributed by atoms with Crippen LogP contribution in [0, 0.1) is 0 Å². The van der Waals surface area contributed by atoms with Crippen LogP contribution in [-0.4, -0.2) is 33.1 Å². The number of thioether (sulfide) groups is 1. The Morgan fingerprint density at radius 2 is 2.04 bits per heavy atom. The molecule has 0 saturated heterocycles. The summed E-state index contributed by atoms with van der Waals surface area (Å²) in [5.74, 6) is 0.285. The number of hydrogen-bond acceptors (Lipinski definition) is 6. The molecule has 0 saturated carbocycles. The number of ether oxygens (including phenoxy) is 2. The Balaban J connectivity index is 2.03. The minimum Gasteiger partial charge on any atom is -0.486 e. The topological polar surface area (TPSA) is 66.2 Å². The molecule has 0 amide bonds. The molecular weight excluding hydrogens is 371 g/mol. The zero-order valence-corrected chi connectivity index (χ0v) is 15.1. The molecule has 0 atom stereocenters. The summed E-state index contributed by atoms with van der Waals surface area (Å²) < 4.78 is 50.2. The normalized spacial score (nSPS) is 11.4. The van der Waals surface area contributed by atoms with Gasteiger partial charge in [-0.3, -0.25) is 4.79 Å². The Bertz CT molecular complexity index is 750. The van der Waals surface area contributed by atoms with E-state index < -0.39 is 11.7 Å². The maximum atomic E-state index is 12.7. The number of rotatable bonds is 8. The maximum Gasteiger partial charge on any atom is 0.416 e. The molecule has 0 unspecified atom stereocenters. The lowest BCUT2D eigenvalue weighted by Gasteiger charge is -2.11. The van der Waals surface area contributed by atoms with E-state index in [9.17, 15) is 18.0 Å². The lowest BCUT2D eigenvalue weighted by atomic mass is 10.2. The number of aromatic nitrogens is 3. The molecule has 2 aromatic rings. The highest BCUT2D eigenvalue weighted by Crippen LogP contribution is 2.31. The second-order valence-electron chi connectivity index (χ2n) is 5.05. The maximum absolute atomic E-state index is 12.7. The number of alkyl halides is 3. The fraction of sp³-hybridized carbons (Fsp3) is 0.438. The average molecular weight is 389 g/mol. The number of esters is 1. The first-order valence-corrected chi connectivity index (χ1v) is 8.84. The van der Waals surface area contributed by atoms with Crippen LogP contribution >= 0.6 is 11.8 Å². The van der Waals surface area contributed by atoms with E-state index in [1.54, 1.807) is 11.5 Å². The van der Waals surface area contributed by atoms with Gasteiger partial charge in [-0.1, -0.05) is 17.8 Å². The van der Waals surface area contributed by atoms with Crippen molar-refractivity contribution in [3.05, 3.63) is 35.7 Å². The summed E-state index contributed by atoms with van der Waals surface area (Å²) >= 11 is 1.18. The van der Waals surface area contributed by atoms with Crippen LogP contribution in [0.1, 0.15) is 25.2 Å². The van der Waals surface area contributed by atoms with Crippen molar-refractivity contribution in [2.45, 2.75) is 38.3 Å². The number of benzene rings is 1. The van der Waals surface area contributed by atoms with E-state index in [2.05, 4.69) is 10.2 Å². The van der Waals surface area contributed by atoms with Gasteiger partial charge in [-0.25, -0.2) is 0 Å². The van der Waals surface area contributed by atoms with Gasteiger partial charge in [0.05, 0.1) is 17.9 Å². The Hall–Kier alpha value is -2.23. The van der Waals surface area contributed by atoms with Crippen molar-refractivity contribution in [1.82, 2.24) is 14.8 Å². The molecule has 6 nitrogen and oxygen atoms in total. The fourth-order valence-electron chi connectivity index (χ4n) is 2.09. The van der Waals surface area contributed by atoms with Crippen LogP contribution in [-0.2, 0) is 28.9 Å². The van der Waals surface area contributed by atoms with Gasteiger partial charge in [0.1, 0.15) is 12.4 Å². The molecule has 0 fully saturated rings. The monoisotopic (exact) mass is 389 g/mol. The van der Waals surface area contributed by atoms with Gasteiger partial charge in [-0.15, -0.1) is 10.2 Å². The van der Waals surface area contributed by atoms with Gasteiger partial charge in [-0.05, 0) is 32.0 Å². The molecule has 0 aliphatic rings. The lowest BCUT2D eigenvalue weighted by Crippen LogP contribution is -2.10. The molecule has 26 heavy (non-hydrogen) atoms. The van der Waals surface area contributed by atoms with Gasteiger partial charge in [0, 0.05) is 6.54 Å². The Morgan fingerprint density at radius 3 is 2.69 bits per heavy atom. The average Bonchev–Trinajstić information content (AvgIpc) is 3.00. The summed E-state index contributed by atoms with van der Waals surface area (Å²) in [6.07, 6.45) is -4.43. The van der Waals surface area contributed by atoms with E-state index in [4.69, 9.17) is 9.47 Å². The van der Waals surface area contributed by atoms with Gasteiger partial charge in [0.2, 0.25) is 0 Å². The van der Waals surface area contributed by atoms with Crippen LogP contribution in [0.25, 0.3) is 0 Å². The Labute approximate surface area is 152 Å². The van der Waals surface area contributed by atoms with E-state index in [0.717, 1.165) is 12.1 Å². The Kier molecular flexibility index (Phi) is 6.90. The second kappa shape index (κ2) is 8.93. The van der Waals surface area contributed by atoms with Crippen LogP contribution in [0.2, 0.25) is 0 Å². The standard InChI is InChI=1S/C16H18F3N3O3S/c1-3-22-13(20-21-15(22)26-10-14(23)24-4-2)9-25-12-7-5-6-11(8-12)16(17,18)19/h5-8H,3-4,9-10H2,1-2H3. The Morgan fingerprint density at radius 1 is 1.27 bits per heavy atom. The summed E-state index contributed by atoms with van der Waals surface area (Å²) in [6.45, 7) is 4.38. The molecule has 10 heteroatoms. The van der Waals surface area contributed by atoms with Crippen LogP contribution in [0.15, 0.2) is 29.4 Å². The lowest BCUT2D eigenvalue weighted by molar-refractivity contribution is -0.140. The van der Waals surface area contributed by atoms with E-state index in [0.29, 0.717) is 24.1 Å². The van der Waals surface area contributed by atoms with Crippen LogP contribution in [0.4, 0.5) is 13.2 Å². The summed E-state index contributed by atoms with van der Waals surface area (Å²) in [4.78, 5) is 11.4. The van der Waals surface area contributed by atoms with Gasteiger partial charge in [-0.2, -0.15) is 13.2 Å². The smallest absolute Gasteiger partial charge is 0.416 e. The second-order valence-corrected chi connectivity index (χ2v) is 5.99. The minimum atomic E-state index is -4.43. The van der Waals surface area contributed by atoms with Crippen molar-refractivity contribution in [3.63, 3.8) is 0 Å². The van der Waals surface area contributed by atoms with Crippen molar-refractivity contribution in [2.75, 3.05) is 12.4 Å². The molecule has 0 bridgehead atoms. The number of nitrogens with zero attached hydrogens (tertiary/aromatic N) is 3. The van der Waals surface area contributed by atoms with Crippen molar-refractivity contribution in [2.24, 2.45) is 0 Å². The molecule has 0 radical (unpaired) electrons. The summed E-state index contributed by atoms with van der Waals surface area (Å²) in [5.41, 5.74) is -0.780. The number of hydrogen-bond donors (Lipinski definition) is 0. The SMILES string of the molecule is CCOC(=O)CSc1nnc(COc2cccc(C(F)(F)F)c2)n1CC. The van der Waals surface area contributed by atoms with Gasteiger partial charge >= 0.3 is 12.1 Å². The number of carbonyl (C=O) groups is 1. The van der Waals surface area contributed by atoms with Crippen LogP contribution in [0.3, 0.4) is 0 Å². The van der Waals surface area contributed by atoms with Gasteiger partial charge in [0.15, 0.2) is 11.0 Å². The van der Waals surface area contributed by atoms with Gasteiger partial charge < -0.3 is 14.0 Å². The van der Waals surface area contributed by atoms with Crippen molar-refractivity contribution >= 4 is 17.7 Å². The van der Waals surface area contributed by atoms with Crippen molar-refractivity contribution in [1.29, 1.82) is 0 Å². The molecule has 1 aromatic carbocycles. The van der Waals surface area contributed by atoms with Crippen LogP contribution < -0.4 is 4.74 Å². The predicted molar refractivity (Wildman–Crippen MR) is 88.8 cm³/mol. The molecule has 0 N–H and O–H groups in total. The first-order valence-electron chi connectivity index (χ1n) is 7.85. The molecule has 2 rings (SSSR count). The highest BCUT2D eigenvalue weighted by molar-refractivity contribution is 7.99. The first-order chi connectivity index (χ1) is 12.3. The molecule has 1 heterocycles. The van der Waals surface area contributed by atoms with Crippen LogP contribution in [0.5, 0.6) is 5.75 Å². The molecular formula is C16H18F3N3O3S. The van der Waals surface area contributed by atoms with E-state index >= 15 is 0 Å². The fourth-order valence-corrected chi connectivity index (χ4v) is 2.91. The highest BCUT2D eigenvalue weighted by atomic mass is 32.2. The van der Waals surface area contributed by atoms with E-state index in [1.807, 2.05) is 6.92 Å². The quantitative estimate of drug-likeness (QED) is 0.508. The molecule has 0 spiro atoms. The summed E-state index contributed by atoms with van der Waals surface area (Å²) in [6, 6.07) is 4.64. The largest absolute Gasteiger partial charge is 0.486 e. The number of halogens is 3. The van der Waals surface area contributed by atoms with Crippen molar-refractivity contribution in [3.8, 4) is 5.75 Å². The molecule has 0 aliphatic carbocycles. The minimum absolute atomic E-state index is 0.0396. The zero-order valence-electron chi connectivity index (χ0n) is 14.2. The summed E-state index contributed by atoms with van der Waals surface area (Å²) in [5, 5.41) is 8.50. The van der Waals surface area contributed by atoms with E-state index in [1.165, 1.54) is 23.9 Å². The van der Waals surface area contributed by atoms with Crippen molar-refractivity contribution < 1.29 is 27.4 Å². The molecule has 0 aliphatic heterocycles. The third kappa shape index (κ3) is 5.38. The third-order valence-electron chi connectivity index (χ3n) is 3.26. The zero-order chi connectivity index (χ0) is 19.2. The molecule has 142 valence electrons. The highest BCUT2D eigenvalue weighted by Gasteiger charge is 2.30. The molecule has 1 aromatic heterocycles. The van der Waals surface area contributed by atoms with E-state index in [-0.39, 0.29) is 24.1 Å². The third-order valence-corrected chi connectivity index (χ3v) is 4.20. The van der Waals surface area contributed by atoms with Gasteiger partial charge in [0.25, 0.3) is 0 Å².